The van der Waals surface area contributed by atoms with E-state index in [-0.39, 0.29) is 6.04 Å². The van der Waals surface area contributed by atoms with Crippen LogP contribution < -0.4 is 15.8 Å². The van der Waals surface area contributed by atoms with Gasteiger partial charge < -0.3 is 15.8 Å². The number of methoxy groups -OCH3 is 1. The molecule has 0 saturated heterocycles. The minimum Gasteiger partial charge on any atom is -0.481 e. The number of nitrogens with one attached hydrogen (secondary N) is 1. The molecule has 1 aromatic rings. The van der Waals surface area contributed by atoms with Gasteiger partial charge in [-0.2, -0.15) is 0 Å². The summed E-state index contributed by atoms with van der Waals surface area (Å²) >= 11 is 0. The summed E-state index contributed by atoms with van der Waals surface area (Å²) in [5.74, 6) is 0.609. The van der Waals surface area contributed by atoms with Gasteiger partial charge in [0.05, 0.1) is 7.11 Å². The van der Waals surface area contributed by atoms with E-state index in [1.165, 1.54) is 0 Å². The highest BCUT2D eigenvalue weighted by Crippen LogP contribution is 2.13. The number of pyridine rings is 1. The molecule has 1 aromatic heterocycles. The molecule has 82 valence electrons. The van der Waals surface area contributed by atoms with Crippen LogP contribution in [0.25, 0.3) is 0 Å². The maximum absolute atomic E-state index is 5.66. The molecule has 0 spiro atoms. The van der Waals surface area contributed by atoms with E-state index in [1.807, 2.05) is 12.1 Å². The van der Waals surface area contributed by atoms with Gasteiger partial charge in [-0.25, -0.2) is 4.98 Å². The van der Waals surface area contributed by atoms with Crippen molar-refractivity contribution < 1.29 is 4.74 Å². The van der Waals surface area contributed by atoms with Crippen molar-refractivity contribution in [1.29, 1.82) is 0 Å². The van der Waals surface area contributed by atoms with Crippen molar-refractivity contribution in [3.8, 4) is 5.88 Å². The summed E-state index contributed by atoms with van der Waals surface area (Å²) in [5, 5.41) is 3.25. The van der Waals surface area contributed by atoms with Crippen LogP contribution in [-0.2, 0) is 0 Å². The van der Waals surface area contributed by atoms with Gasteiger partial charge in [0, 0.05) is 31.4 Å². The summed E-state index contributed by atoms with van der Waals surface area (Å²) in [6, 6.07) is 3.90. The number of nitrogens with zero attached hydrogens (tertiary/aromatic N) is 1. The van der Waals surface area contributed by atoms with E-state index in [1.54, 1.807) is 19.4 Å². The van der Waals surface area contributed by atoms with Crippen LogP contribution >= 0.6 is 0 Å². The topological polar surface area (TPSA) is 60.2 Å². The third-order valence-electron chi connectivity index (χ3n) is 2.12. The van der Waals surface area contributed by atoms with Crippen molar-refractivity contribution in [2.24, 2.45) is 5.73 Å². The van der Waals surface area contributed by atoms with Gasteiger partial charge in [0.25, 0.3) is 0 Å². The number of aromatic nitrogens is 1. The van der Waals surface area contributed by atoms with Crippen molar-refractivity contribution in [2.45, 2.75) is 6.04 Å². The molecule has 0 fully saturated rings. The van der Waals surface area contributed by atoms with Gasteiger partial charge in [-0.15, -0.1) is 6.58 Å². The first-order valence-electron chi connectivity index (χ1n) is 4.86. The zero-order valence-electron chi connectivity index (χ0n) is 8.94. The molecule has 0 aliphatic heterocycles. The summed E-state index contributed by atoms with van der Waals surface area (Å²) in [6.07, 6.45) is 3.58. The Morgan fingerprint density at radius 3 is 2.93 bits per heavy atom. The Bertz CT molecular complexity index is 297. The fourth-order valence-electron chi connectivity index (χ4n) is 1.28. The van der Waals surface area contributed by atoms with Crippen molar-refractivity contribution in [3.05, 3.63) is 36.5 Å². The molecule has 15 heavy (non-hydrogen) atoms. The van der Waals surface area contributed by atoms with Crippen LogP contribution in [0.15, 0.2) is 31.0 Å². The minimum absolute atomic E-state index is 0.112. The van der Waals surface area contributed by atoms with Gasteiger partial charge in [0.2, 0.25) is 5.88 Å². The zero-order valence-corrected chi connectivity index (χ0v) is 8.94. The highest BCUT2D eigenvalue weighted by molar-refractivity contribution is 5.21. The van der Waals surface area contributed by atoms with Gasteiger partial charge in [-0.1, -0.05) is 12.1 Å². The normalized spacial score (nSPS) is 12.1. The first-order valence-corrected chi connectivity index (χ1v) is 4.86. The summed E-state index contributed by atoms with van der Waals surface area (Å²) in [5.41, 5.74) is 6.72. The minimum atomic E-state index is 0.112. The Balaban J connectivity index is 2.69. The number of nitrogens with two attached hydrogens (primary N) is 1. The number of hydrogen-bond donors (Lipinski definition) is 2. The first-order chi connectivity index (χ1) is 7.31. The fraction of sp³-hybridized carbons (Fsp3) is 0.364. The lowest BCUT2D eigenvalue weighted by Gasteiger charge is -2.15. The largest absolute Gasteiger partial charge is 0.481 e. The molecule has 0 saturated carbocycles. The van der Waals surface area contributed by atoms with Crippen LogP contribution in [0, 0.1) is 0 Å². The third-order valence-corrected chi connectivity index (χ3v) is 2.12. The predicted molar refractivity (Wildman–Crippen MR) is 60.8 cm³/mol. The van der Waals surface area contributed by atoms with E-state index in [0.29, 0.717) is 12.4 Å². The Morgan fingerprint density at radius 2 is 2.47 bits per heavy atom. The highest BCUT2D eigenvalue weighted by atomic mass is 16.5. The van der Waals surface area contributed by atoms with Gasteiger partial charge in [0.15, 0.2) is 0 Å². The molecule has 0 aromatic carbocycles. The van der Waals surface area contributed by atoms with Crippen LogP contribution in [0.3, 0.4) is 0 Å². The van der Waals surface area contributed by atoms with E-state index >= 15 is 0 Å². The molecule has 1 unspecified atom stereocenters. The molecule has 0 amide bonds. The second-order valence-corrected chi connectivity index (χ2v) is 3.12. The van der Waals surface area contributed by atoms with Crippen LogP contribution in [-0.4, -0.2) is 25.2 Å². The molecule has 0 bridgehead atoms. The molecule has 4 heteroatoms. The molecule has 1 rings (SSSR count). The zero-order chi connectivity index (χ0) is 11.1. The lowest BCUT2D eigenvalue weighted by Crippen LogP contribution is -2.28. The van der Waals surface area contributed by atoms with Crippen molar-refractivity contribution in [2.75, 3.05) is 20.2 Å². The van der Waals surface area contributed by atoms with E-state index in [4.69, 9.17) is 10.5 Å². The first kappa shape index (κ1) is 11.7. The lowest BCUT2D eigenvalue weighted by atomic mass is 10.1. The van der Waals surface area contributed by atoms with Gasteiger partial charge >= 0.3 is 0 Å². The van der Waals surface area contributed by atoms with Gasteiger partial charge in [0.1, 0.15) is 0 Å². The monoisotopic (exact) mass is 207 g/mol. The fourth-order valence-corrected chi connectivity index (χ4v) is 1.28. The molecule has 1 heterocycles. The molecule has 0 aliphatic rings. The Kier molecular flexibility index (Phi) is 4.80. The maximum atomic E-state index is 5.66. The smallest absolute Gasteiger partial charge is 0.212 e. The standard InChI is InChI=1S/C11H17N3O/c1-3-6-13-10(7-12)9-4-5-11(15-2)14-8-9/h3-5,8,10,13H,1,6-7,12H2,2H3. The average Bonchev–Trinajstić information content (AvgIpc) is 2.31. The highest BCUT2D eigenvalue weighted by Gasteiger charge is 2.08. The maximum Gasteiger partial charge on any atom is 0.212 e. The second-order valence-electron chi connectivity index (χ2n) is 3.12. The molecule has 4 nitrogen and oxygen atoms in total. The summed E-state index contributed by atoms with van der Waals surface area (Å²) in [4.78, 5) is 4.13. The summed E-state index contributed by atoms with van der Waals surface area (Å²) < 4.78 is 4.98. The Labute approximate surface area is 90.2 Å². The Morgan fingerprint density at radius 1 is 1.67 bits per heavy atom. The molecule has 3 N–H and O–H groups in total. The van der Waals surface area contributed by atoms with Crippen LogP contribution in [0.4, 0.5) is 0 Å². The number of ether oxygens (including phenoxy) is 1. The van der Waals surface area contributed by atoms with E-state index in [0.717, 1.165) is 12.1 Å². The predicted octanol–water partition coefficient (Wildman–Crippen LogP) is 0.866. The van der Waals surface area contributed by atoms with Crippen LogP contribution in [0.1, 0.15) is 11.6 Å². The summed E-state index contributed by atoms with van der Waals surface area (Å²) in [6.45, 7) is 4.91. The van der Waals surface area contributed by atoms with Crippen molar-refractivity contribution in [1.82, 2.24) is 10.3 Å². The van der Waals surface area contributed by atoms with E-state index < -0.39 is 0 Å². The number of hydrogen-bond acceptors (Lipinski definition) is 4. The van der Waals surface area contributed by atoms with Gasteiger partial charge in [-0.05, 0) is 5.56 Å². The SMILES string of the molecule is C=CCNC(CN)c1ccc(OC)nc1. The van der Waals surface area contributed by atoms with Crippen molar-refractivity contribution in [3.63, 3.8) is 0 Å². The molecule has 0 aliphatic carbocycles. The Hall–Kier alpha value is -1.39. The van der Waals surface area contributed by atoms with Crippen LogP contribution in [0.2, 0.25) is 0 Å². The lowest BCUT2D eigenvalue weighted by molar-refractivity contribution is 0.397. The molecular formula is C11H17N3O. The summed E-state index contributed by atoms with van der Waals surface area (Å²) in [7, 11) is 1.60. The number of rotatable bonds is 6. The van der Waals surface area contributed by atoms with Crippen molar-refractivity contribution >= 4 is 0 Å². The van der Waals surface area contributed by atoms with Gasteiger partial charge in [-0.3, -0.25) is 0 Å². The molecule has 1 atom stereocenters. The van der Waals surface area contributed by atoms with Crippen LogP contribution in [0.5, 0.6) is 5.88 Å². The second kappa shape index (κ2) is 6.16. The van der Waals surface area contributed by atoms with E-state index in [9.17, 15) is 0 Å². The molecular weight excluding hydrogens is 190 g/mol. The quantitative estimate of drug-likeness (QED) is 0.679. The average molecular weight is 207 g/mol. The third kappa shape index (κ3) is 3.34. The van der Waals surface area contributed by atoms with E-state index in [2.05, 4.69) is 16.9 Å². The molecule has 0 radical (unpaired) electrons.